The summed E-state index contributed by atoms with van der Waals surface area (Å²) in [6.07, 6.45) is 1.70. The Hall–Kier alpha value is -1.50. The summed E-state index contributed by atoms with van der Waals surface area (Å²) in [6, 6.07) is 4.14. The van der Waals surface area contributed by atoms with Crippen molar-refractivity contribution >= 4 is 21.6 Å². The van der Waals surface area contributed by atoms with Crippen molar-refractivity contribution in [3.63, 3.8) is 0 Å². The predicted molar refractivity (Wildman–Crippen MR) is 74.5 cm³/mol. The average Bonchev–Trinajstić information content (AvgIpc) is 2.88. The van der Waals surface area contributed by atoms with Crippen molar-refractivity contribution in [2.75, 3.05) is 11.9 Å². The number of aryl methyl sites for hydroxylation is 1. The molecule has 0 radical (unpaired) electrons. The number of hydrogen-bond donors (Lipinski definition) is 1. The second kappa shape index (κ2) is 6.30. The Bertz CT molecular complexity index is 552. The second-order valence-corrected chi connectivity index (χ2v) is 5.13. The maximum absolute atomic E-state index is 12.7. The van der Waals surface area contributed by atoms with Gasteiger partial charge in [-0.2, -0.15) is 13.2 Å². The molecule has 0 saturated carbocycles. The summed E-state index contributed by atoms with van der Waals surface area (Å²) in [5.74, 6) is 0. The van der Waals surface area contributed by atoms with Gasteiger partial charge in [0.2, 0.25) is 0 Å². The number of alkyl halides is 3. The van der Waals surface area contributed by atoms with E-state index in [1.165, 1.54) is 6.07 Å². The standard InChI is InChI=1S/C13H13BrF3N3/c14-12-3-2-10(8-11(12)13(15,16)17)19-4-1-6-20-7-5-18-9-20/h2-3,5,7-9,19H,1,4,6H2. The molecule has 0 amide bonds. The molecule has 0 bridgehead atoms. The first-order valence-corrected chi connectivity index (χ1v) is 6.82. The Morgan fingerprint density at radius 2 is 2.10 bits per heavy atom. The second-order valence-electron chi connectivity index (χ2n) is 4.27. The molecule has 0 atom stereocenters. The molecule has 0 spiro atoms. The van der Waals surface area contributed by atoms with Crippen LogP contribution in [0.15, 0.2) is 41.4 Å². The van der Waals surface area contributed by atoms with Gasteiger partial charge in [0.15, 0.2) is 0 Å². The summed E-state index contributed by atoms with van der Waals surface area (Å²) >= 11 is 2.92. The van der Waals surface area contributed by atoms with Crippen LogP contribution in [0.1, 0.15) is 12.0 Å². The molecule has 1 N–H and O–H groups in total. The highest BCUT2D eigenvalue weighted by atomic mass is 79.9. The number of nitrogens with zero attached hydrogens (tertiary/aromatic N) is 2. The van der Waals surface area contributed by atoms with E-state index in [4.69, 9.17) is 0 Å². The Morgan fingerprint density at radius 1 is 1.30 bits per heavy atom. The fraction of sp³-hybridized carbons (Fsp3) is 0.308. The van der Waals surface area contributed by atoms with Gasteiger partial charge >= 0.3 is 6.18 Å². The SMILES string of the molecule is FC(F)(F)c1cc(NCCCn2ccnc2)ccc1Br. The highest BCUT2D eigenvalue weighted by molar-refractivity contribution is 9.10. The smallest absolute Gasteiger partial charge is 0.385 e. The topological polar surface area (TPSA) is 29.9 Å². The minimum absolute atomic E-state index is 0.0500. The molecular formula is C13H13BrF3N3. The van der Waals surface area contributed by atoms with E-state index in [1.807, 2.05) is 10.8 Å². The van der Waals surface area contributed by atoms with Crippen molar-refractivity contribution in [1.29, 1.82) is 0 Å². The normalized spacial score (nSPS) is 11.6. The zero-order valence-corrected chi connectivity index (χ0v) is 12.1. The van der Waals surface area contributed by atoms with Crippen molar-refractivity contribution in [3.8, 4) is 0 Å². The molecule has 0 unspecified atom stereocenters. The number of benzene rings is 1. The Kier molecular flexibility index (Phi) is 4.69. The molecule has 0 fully saturated rings. The minimum atomic E-state index is -4.35. The third-order valence-electron chi connectivity index (χ3n) is 2.75. The van der Waals surface area contributed by atoms with Crippen LogP contribution in [-0.2, 0) is 12.7 Å². The quantitative estimate of drug-likeness (QED) is 0.822. The molecule has 1 aromatic carbocycles. The Morgan fingerprint density at radius 3 is 2.75 bits per heavy atom. The van der Waals surface area contributed by atoms with E-state index in [2.05, 4.69) is 26.2 Å². The molecule has 7 heteroatoms. The first kappa shape index (κ1) is 14.9. The number of hydrogen-bond acceptors (Lipinski definition) is 2. The van der Waals surface area contributed by atoms with E-state index in [0.717, 1.165) is 19.0 Å². The molecule has 1 heterocycles. The minimum Gasteiger partial charge on any atom is -0.385 e. The monoisotopic (exact) mass is 347 g/mol. The van der Waals surface area contributed by atoms with E-state index >= 15 is 0 Å². The molecule has 0 aliphatic carbocycles. The number of halogens is 4. The van der Waals surface area contributed by atoms with Crippen LogP contribution in [0.2, 0.25) is 0 Å². The van der Waals surface area contributed by atoms with E-state index in [9.17, 15) is 13.2 Å². The molecule has 108 valence electrons. The van der Waals surface area contributed by atoms with Gasteiger partial charge in [0.1, 0.15) is 0 Å². The van der Waals surface area contributed by atoms with Gasteiger partial charge in [-0.3, -0.25) is 0 Å². The maximum atomic E-state index is 12.7. The molecule has 3 nitrogen and oxygen atoms in total. The Labute approximate surface area is 123 Å². The lowest BCUT2D eigenvalue weighted by atomic mass is 10.2. The van der Waals surface area contributed by atoms with Crippen LogP contribution in [0.25, 0.3) is 0 Å². The van der Waals surface area contributed by atoms with Crippen molar-refractivity contribution in [2.45, 2.75) is 19.1 Å². The van der Waals surface area contributed by atoms with Crippen LogP contribution < -0.4 is 5.32 Å². The van der Waals surface area contributed by atoms with Gasteiger partial charge in [-0.05, 0) is 24.6 Å². The highest BCUT2D eigenvalue weighted by Crippen LogP contribution is 2.36. The lowest BCUT2D eigenvalue weighted by molar-refractivity contribution is -0.138. The first-order chi connectivity index (χ1) is 9.47. The summed E-state index contributed by atoms with van der Waals surface area (Å²) in [5, 5.41) is 2.99. The maximum Gasteiger partial charge on any atom is 0.417 e. The van der Waals surface area contributed by atoms with Crippen LogP contribution in [-0.4, -0.2) is 16.1 Å². The van der Waals surface area contributed by atoms with Crippen molar-refractivity contribution in [3.05, 3.63) is 47.0 Å². The van der Waals surface area contributed by atoms with Crippen LogP contribution in [0.4, 0.5) is 18.9 Å². The molecule has 0 aliphatic rings. The third-order valence-corrected chi connectivity index (χ3v) is 3.44. The molecule has 0 saturated heterocycles. The van der Waals surface area contributed by atoms with Crippen molar-refractivity contribution < 1.29 is 13.2 Å². The van der Waals surface area contributed by atoms with E-state index < -0.39 is 11.7 Å². The largest absolute Gasteiger partial charge is 0.417 e. The number of aromatic nitrogens is 2. The lowest BCUT2D eigenvalue weighted by Crippen LogP contribution is -2.09. The summed E-state index contributed by atoms with van der Waals surface area (Å²) in [5.41, 5.74) is -0.205. The van der Waals surface area contributed by atoms with Crippen LogP contribution in [0, 0.1) is 0 Å². The van der Waals surface area contributed by atoms with Gasteiger partial charge in [0.25, 0.3) is 0 Å². The van der Waals surface area contributed by atoms with Crippen molar-refractivity contribution in [2.24, 2.45) is 0 Å². The zero-order chi connectivity index (χ0) is 14.6. The lowest BCUT2D eigenvalue weighted by Gasteiger charge is -2.12. The molecule has 1 aromatic heterocycles. The van der Waals surface area contributed by atoms with Crippen LogP contribution in [0.5, 0.6) is 0 Å². The fourth-order valence-corrected chi connectivity index (χ4v) is 2.24. The third kappa shape index (κ3) is 4.00. The number of nitrogens with one attached hydrogen (secondary N) is 1. The van der Waals surface area contributed by atoms with E-state index in [0.29, 0.717) is 12.2 Å². The van der Waals surface area contributed by atoms with E-state index in [-0.39, 0.29) is 4.47 Å². The number of rotatable bonds is 5. The average molecular weight is 348 g/mol. The summed E-state index contributed by atoms with van der Waals surface area (Å²) in [4.78, 5) is 3.92. The molecule has 2 rings (SSSR count). The van der Waals surface area contributed by atoms with Gasteiger partial charge in [-0.1, -0.05) is 15.9 Å². The van der Waals surface area contributed by atoms with Crippen LogP contribution in [0.3, 0.4) is 0 Å². The zero-order valence-electron chi connectivity index (χ0n) is 10.5. The van der Waals surface area contributed by atoms with Crippen LogP contribution >= 0.6 is 15.9 Å². The molecular weight excluding hydrogens is 335 g/mol. The Balaban J connectivity index is 1.90. The fourth-order valence-electron chi connectivity index (χ4n) is 1.77. The van der Waals surface area contributed by atoms with Crippen molar-refractivity contribution in [1.82, 2.24) is 9.55 Å². The van der Waals surface area contributed by atoms with Gasteiger partial charge in [-0.25, -0.2) is 4.98 Å². The number of anilines is 1. The number of imidazole rings is 1. The van der Waals surface area contributed by atoms with Gasteiger partial charge in [0.05, 0.1) is 11.9 Å². The predicted octanol–water partition coefficient (Wildman–Crippen LogP) is 4.17. The van der Waals surface area contributed by atoms with Gasteiger partial charge in [0, 0.05) is 35.6 Å². The summed E-state index contributed by atoms with van der Waals surface area (Å²) < 4.78 is 40.2. The molecule has 0 aliphatic heterocycles. The summed E-state index contributed by atoms with van der Waals surface area (Å²) in [7, 11) is 0. The van der Waals surface area contributed by atoms with E-state index in [1.54, 1.807) is 18.6 Å². The molecule has 20 heavy (non-hydrogen) atoms. The summed E-state index contributed by atoms with van der Waals surface area (Å²) in [6.45, 7) is 1.37. The highest BCUT2D eigenvalue weighted by Gasteiger charge is 2.33. The van der Waals surface area contributed by atoms with Gasteiger partial charge < -0.3 is 9.88 Å². The molecule has 2 aromatic rings. The first-order valence-electron chi connectivity index (χ1n) is 6.03. The van der Waals surface area contributed by atoms with Gasteiger partial charge in [-0.15, -0.1) is 0 Å².